The van der Waals surface area contributed by atoms with Crippen LogP contribution in [0.2, 0.25) is 0 Å². The molecule has 110 valence electrons. The van der Waals surface area contributed by atoms with Gasteiger partial charge in [-0.05, 0) is 25.3 Å². The smallest absolute Gasteiger partial charge is 0.223 e. The lowest BCUT2D eigenvalue weighted by Gasteiger charge is -2.32. The highest BCUT2D eigenvalue weighted by molar-refractivity contribution is 5.79. The third kappa shape index (κ3) is 3.60. The summed E-state index contributed by atoms with van der Waals surface area (Å²) < 4.78 is 0. The van der Waals surface area contributed by atoms with Crippen LogP contribution in [0, 0.1) is 5.92 Å². The van der Waals surface area contributed by atoms with Gasteiger partial charge in [-0.2, -0.15) is 0 Å². The summed E-state index contributed by atoms with van der Waals surface area (Å²) in [5, 5.41) is 3.19. The van der Waals surface area contributed by atoms with E-state index in [1.807, 2.05) is 37.3 Å². The zero-order chi connectivity index (χ0) is 14.4. The molecule has 0 spiro atoms. The minimum absolute atomic E-state index is 0.159. The predicted octanol–water partition coefficient (Wildman–Crippen LogP) is 2.95. The molecule has 1 amide bonds. The van der Waals surface area contributed by atoms with Crippen LogP contribution >= 0.6 is 0 Å². The predicted molar refractivity (Wildman–Crippen MR) is 82.2 cm³/mol. The number of carbonyl (C=O) groups is 1. The van der Waals surface area contributed by atoms with E-state index in [-0.39, 0.29) is 11.8 Å². The van der Waals surface area contributed by atoms with Gasteiger partial charge in [0.1, 0.15) is 0 Å². The van der Waals surface area contributed by atoms with E-state index in [2.05, 4.69) is 5.32 Å². The van der Waals surface area contributed by atoms with Crippen LogP contribution in [0.25, 0.3) is 0 Å². The SMILES string of the molecule is CC(CN)(NC(=O)C1CCCCCC1)c1ccccc1. The third-order valence-corrected chi connectivity index (χ3v) is 4.44. The van der Waals surface area contributed by atoms with Gasteiger partial charge in [-0.25, -0.2) is 0 Å². The maximum Gasteiger partial charge on any atom is 0.223 e. The Hall–Kier alpha value is -1.35. The molecule has 0 aromatic heterocycles. The summed E-state index contributed by atoms with van der Waals surface area (Å²) in [5.41, 5.74) is 6.54. The van der Waals surface area contributed by atoms with E-state index in [1.54, 1.807) is 0 Å². The molecular formula is C17H26N2O. The monoisotopic (exact) mass is 274 g/mol. The Balaban J connectivity index is 2.07. The van der Waals surface area contributed by atoms with Gasteiger partial charge < -0.3 is 11.1 Å². The van der Waals surface area contributed by atoms with E-state index >= 15 is 0 Å². The molecule has 0 heterocycles. The first-order valence-electron chi connectivity index (χ1n) is 7.73. The first-order chi connectivity index (χ1) is 9.65. The van der Waals surface area contributed by atoms with E-state index in [1.165, 1.54) is 25.7 Å². The normalized spacial score (nSPS) is 19.9. The van der Waals surface area contributed by atoms with Crippen molar-refractivity contribution in [2.24, 2.45) is 11.7 Å². The Kier molecular flexibility index (Phi) is 5.18. The Bertz CT molecular complexity index is 424. The van der Waals surface area contributed by atoms with Gasteiger partial charge in [-0.3, -0.25) is 4.79 Å². The Morgan fingerprint density at radius 3 is 2.35 bits per heavy atom. The van der Waals surface area contributed by atoms with Crippen molar-refractivity contribution in [3.63, 3.8) is 0 Å². The fourth-order valence-electron chi connectivity index (χ4n) is 2.96. The van der Waals surface area contributed by atoms with Crippen molar-refractivity contribution in [1.82, 2.24) is 5.32 Å². The fraction of sp³-hybridized carbons (Fsp3) is 0.588. The van der Waals surface area contributed by atoms with E-state index in [0.29, 0.717) is 6.54 Å². The second-order valence-electron chi connectivity index (χ2n) is 6.08. The first kappa shape index (κ1) is 15.0. The number of carbonyl (C=O) groups excluding carboxylic acids is 1. The molecule has 1 fully saturated rings. The molecule has 0 saturated heterocycles. The minimum atomic E-state index is -0.468. The maximum absolute atomic E-state index is 12.5. The van der Waals surface area contributed by atoms with Crippen molar-refractivity contribution in [2.45, 2.75) is 51.0 Å². The van der Waals surface area contributed by atoms with Gasteiger partial charge in [-0.1, -0.05) is 56.0 Å². The molecule has 1 aromatic rings. The van der Waals surface area contributed by atoms with E-state index < -0.39 is 5.54 Å². The van der Waals surface area contributed by atoms with Crippen LogP contribution in [0.1, 0.15) is 51.0 Å². The quantitative estimate of drug-likeness (QED) is 0.829. The molecule has 0 bridgehead atoms. The summed E-state index contributed by atoms with van der Waals surface area (Å²) in [5.74, 6) is 0.329. The summed E-state index contributed by atoms with van der Waals surface area (Å²) in [7, 11) is 0. The fourth-order valence-corrected chi connectivity index (χ4v) is 2.96. The lowest BCUT2D eigenvalue weighted by Crippen LogP contribution is -2.50. The minimum Gasteiger partial charge on any atom is -0.345 e. The van der Waals surface area contributed by atoms with Crippen molar-refractivity contribution in [1.29, 1.82) is 0 Å². The van der Waals surface area contributed by atoms with Crippen LogP contribution in [0.4, 0.5) is 0 Å². The third-order valence-electron chi connectivity index (χ3n) is 4.44. The molecule has 1 aliphatic rings. The first-order valence-corrected chi connectivity index (χ1v) is 7.73. The molecule has 0 aliphatic heterocycles. The molecule has 2 rings (SSSR count). The summed E-state index contributed by atoms with van der Waals surface area (Å²) >= 11 is 0. The Morgan fingerprint density at radius 2 is 1.80 bits per heavy atom. The number of rotatable bonds is 4. The van der Waals surface area contributed by atoms with Gasteiger partial charge in [0.15, 0.2) is 0 Å². The van der Waals surface area contributed by atoms with Crippen molar-refractivity contribution in [3.05, 3.63) is 35.9 Å². The Morgan fingerprint density at radius 1 is 1.20 bits per heavy atom. The molecule has 1 aromatic carbocycles. The largest absolute Gasteiger partial charge is 0.345 e. The van der Waals surface area contributed by atoms with Crippen molar-refractivity contribution >= 4 is 5.91 Å². The van der Waals surface area contributed by atoms with Crippen LogP contribution in [0.15, 0.2) is 30.3 Å². The highest BCUT2D eigenvalue weighted by atomic mass is 16.2. The highest BCUT2D eigenvalue weighted by Crippen LogP contribution is 2.25. The van der Waals surface area contributed by atoms with Crippen LogP contribution in [0.5, 0.6) is 0 Å². The molecular weight excluding hydrogens is 248 g/mol. The number of amides is 1. The van der Waals surface area contributed by atoms with Crippen LogP contribution in [0.3, 0.4) is 0 Å². The molecule has 3 heteroatoms. The second kappa shape index (κ2) is 6.89. The Labute approximate surface area is 121 Å². The summed E-state index contributed by atoms with van der Waals surface area (Å²) in [6.45, 7) is 2.42. The van der Waals surface area contributed by atoms with Crippen molar-refractivity contribution in [2.75, 3.05) is 6.54 Å². The van der Waals surface area contributed by atoms with Gasteiger partial charge in [0.25, 0.3) is 0 Å². The summed E-state index contributed by atoms with van der Waals surface area (Å²) in [4.78, 5) is 12.5. The van der Waals surface area contributed by atoms with Gasteiger partial charge in [0.2, 0.25) is 5.91 Å². The average Bonchev–Trinajstić information content (AvgIpc) is 2.77. The molecule has 0 radical (unpaired) electrons. The van der Waals surface area contributed by atoms with Crippen LogP contribution < -0.4 is 11.1 Å². The number of hydrogen-bond acceptors (Lipinski definition) is 2. The summed E-state index contributed by atoms with van der Waals surface area (Å²) in [6, 6.07) is 10.0. The number of benzene rings is 1. The van der Waals surface area contributed by atoms with Gasteiger partial charge in [0, 0.05) is 12.5 Å². The summed E-state index contributed by atoms with van der Waals surface area (Å²) in [6.07, 6.45) is 6.89. The van der Waals surface area contributed by atoms with Gasteiger partial charge >= 0.3 is 0 Å². The van der Waals surface area contributed by atoms with E-state index in [9.17, 15) is 4.79 Å². The van der Waals surface area contributed by atoms with E-state index in [4.69, 9.17) is 5.73 Å². The molecule has 1 unspecified atom stereocenters. The second-order valence-corrected chi connectivity index (χ2v) is 6.08. The highest BCUT2D eigenvalue weighted by Gasteiger charge is 2.30. The lowest BCUT2D eigenvalue weighted by molar-refractivity contribution is -0.127. The lowest BCUT2D eigenvalue weighted by atomic mass is 9.90. The molecule has 1 saturated carbocycles. The number of nitrogens with two attached hydrogens (primary N) is 1. The maximum atomic E-state index is 12.5. The zero-order valence-corrected chi connectivity index (χ0v) is 12.4. The number of nitrogens with one attached hydrogen (secondary N) is 1. The zero-order valence-electron chi connectivity index (χ0n) is 12.4. The average molecular weight is 274 g/mol. The van der Waals surface area contributed by atoms with Crippen LogP contribution in [-0.4, -0.2) is 12.5 Å². The molecule has 3 N–H and O–H groups in total. The molecule has 1 aliphatic carbocycles. The number of hydrogen-bond donors (Lipinski definition) is 2. The molecule has 20 heavy (non-hydrogen) atoms. The van der Waals surface area contributed by atoms with Gasteiger partial charge in [0.05, 0.1) is 5.54 Å². The van der Waals surface area contributed by atoms with Crippen molar-refractivity contribution in [3.8, 4) is 0 Å². The van der Waals surface area contributed by atoms with E-state index in [0.717, 1.165) is 18.4 Å². The topological polar surface area (TPSA) is 55.1 Å². The molecule has 3 nitrogen and oxygen atoms in total. The van der Waals surface area contributed by atoms with Crippen molar-refractivity contribution < 1.29 is 4.79 Å². The van der Waals surface area contributed by atoms with Gasteiger partial charge in [-0.15, -0.1) is 0 Å². The molecule has 1 atom stereocenters. The van der Waals surface area contributed by atoms with Crippen LogP contribution in [-0.2, 0) is 10.3 Å². The standard InChI is InChI=1S/C17H26N2O/c1-17(13-18,15-11-7-4-8-12-15)19-16(20)14-9-5-2-3-6-10-14/h4,7-8,11-12,14H,2-3,5-6,9-10,13,18H2,1H3,(H,19,20).